The molecule has 0 bridgehead atoms. The van der Waals surface area contributed by atoms with Crippen LogP contribution in [0.4, 0.5) is 5.69 Å². The predicted octanol–water partition coefficient (Wildman–Crippen LogP) is 3.58. The zero-order valence-electron chi connectivity index (χ0n) is 13.2. The minimum Gasteiger partial charge on any atom is -0.326 e. The van der Waals surface area contributed by atoms with E-state index in [-0.39, 0.29) is 16.9 Å². The van der Waals surface area contributed by atoms with E-state index in [0.29, 0.717) is 22.8 Å². The number of hydrogen-bond acceptors (Lipinski definition) is 5. The standard InChI is InChI=1S/C17H19N3O2S/c1-3-5-15(21)20-14-8-6-13(7-9-14)16(22)12(2)23-17-18-10-4-11-19-17/h4,6-12H,3,5H2,1-2H3,(H,20,21). The lowest BCUT2D eigenvalue weighted by Crippen LogP contribution is -2.14. The first-order valence-electron chi connectivity index (χ1n) is 7.48. The molecule has 1 amide bonds. The normalized spacial score (nSPS) is 11.7. The highest BCUT2D eigenvalue weighted by atomic mass is 32.2. The number of amides is 1. The molecule has 2 aromatic rings. The number of carbonyl (C=O) groups excluding carboxylic acids is 2. The monoisotopic (exact) mass is 329 g/mol. The highest BCUT2D eigenvalue weighted by molar-refractivity contribution is 8.00. The van der Waals surface area contributed by atoms with Gasteiger partial charge < -0.3 is 5.32 Å². The van der Waals surface area contributed by atoms with Crippen LogP contribution in [0.5, 0.6) is 0 Å². The van der Waals surface area contributed by atoms with E-state index in [1.165, 1.54) is 11.8 Å². The first kappa shape index (κ1) is 17.1. The maximum absolute atomic E-state index is 12.4. The maximum atomic E-state index is 12.4. The average Bonchev–Trinajstić information content (AvgIpc) is 2.56. The van der Waals surface area contributed by atoms with E-state index < -0.39 is 0 Å². The van der Waals surface area contributed by atoms with Gasteiger partial charge in [-0.1, -0.05) is 18.7 Å². The van der Waals surface area contributed by atoms with Gasteiger partial charge in [-0.2, -0.15) is 0 Å². The SMILES string of the molecule is CCCC(=O)Nc1ccc(C(=O)C(C)Sc2ncccn2)cc1. The Labute approximate surface area is 139 Å². The van der Waals surface area contributed by atoms with Gasteiger partial charge in [0.2, 0.25) is 5.91 Å². The summed E-state index contributed by atoms with van der Waals surface area (Å²) in [7, 11) is 0. The van der Waals surface area contributed by atoms with E-state index in [2.05, 4.69) is 15.3 Å². The van der Waals surface area contributed by atoms with Crippen molar-refractivity contribution in [3.05, 3.63) is 48.3 Å². The summed E-state index contributed by atoms with van der Waals surface area (Å²) < 4.78 is 0. The topological polar surface area (TPSA) is 72.0 Å². The summed E-state index contributed by atoms with van der Waals surface area (Å²) in [6.45, 7) is 3.79. The number of ketones is 1. The molecule has 23 heavy (non-hydrogen) atoms. The molecule has 120 valence electrons. The Morgan fingerprint density at radius 3 is 2.43 bits per heavy atom. The number of nitrogens with zero attached hydrogens (tertiary/aromatic N) is 2. The summed E-state index contributed by atoms with van der Waals surface area (Å²) in [6.07, 6.45) is 4.60. The molecule has 5 nitrogen and oxygen atoms in total. The number of rotatable bonds is 7. The Morgan fingerprint density at radius 1 is 1.17 bits per heavy atom. The molecule has 1 atom stereocenters. The van der Waals surface area contributed by atoms with Gasteiger partial charge in [-0.25, -0.2) is 9.97 Å². The fraction of sp³-hybridized carbons (Fsp3) is 0.294. The van der Waals surface area contributed by atoms with Gasteiger partial charge in [-0.05, 0) is 43.7 Å². The molecule has 0 aliphatic carbocycles. The van der Waals surface area contributed by atoms with Gasteiger partial charge >= 0.3 is 0 Å². The van der Waals surface area contributed by atoms with Crippen LogP contribution >= 0.6 is 11.8 Å². The Bertz CT molecular complexity index is 659. The van der Waals surface area contributed by atoms with E-state index in [0.717, 1.165) is 6.42 Å². The van der Waals surface area contributed by atoms with Crippen molar-refractivity contribution in [1.29, 1.82) is 0 Å². The lowest BCUT2D eigenvalue weighted by atomic mass is 10.1. The second-order valence-electron chi connectivity index (χ2n) is 5.03. The summed E-state index contributed by atoms with van der Waals surface area (Å²) in [6, 6.07) is 8.69. The number of nitrogens with one attached hydrogen (secondary N) is 1. The minimum atomic E-state index is -0.280. The number of aromatic nitrogens is 2. The van der Waals surface area contributed by atoms with Gasteiger partial charge in [0.05, 0.1) is 5.25 Å². The van der Waals surface area contributed by atoms with E-state index >= 15 is 0 Å². The fourth-order valence-electron chi connectivity index (χ4n) is 1.96. The number of anilines is 1. The van der Waals surface area contributed by atoms with Gasteiger partial charge in [0.15, 0.2) is 10.9 Å². The van der Waals surface area contributed by atoms with E-state index in [1.54, 1.807) is 42.7 Å². The van der Waals surface area contributed by atoms with Crippen molar-refractivity contribution < 1.29 is 9.59 Å². The van der Waals surface area contributed by atoms with Crippen LogP contribution in [0, 0.1) is 0 Å². The van der Waals surface area contributed by atoms with Crippen LogP contribution in [0.15, 0.2) is 47.9 Å². The number of thioether (sulfide) groups is 1. The summed E-state index contributed by atoms with van der Waals surface area (Å²) >= 11 is 1.33. The highest BCUT2D eigenvalue weighted by Crippen LogP contribution is 2.22. The predicted molar refractivity (Wildman–Crippen MR) is 91.7 cm³/mol. The molecule has 0 aliphatic rings. The van der Waals surface area contributed by atoms with Crippen molar-refractivity contribution in [2.45, 2.75) is 37.1 Å². The smallest absolute Gasteiger partial charge is 0.224 e. The van der Waals surface area contributed by atoms with Crippen LogP contribution < -0.4 is 5.32 Å². The quantitative estimate of drug-likeness (QED) is 0.477. The first-order valence-corrected chi connectivity index (χ1v) is 8.36. The molecule has 0 aliphatic heterocycles. The second kappa shape index (κ2) is 8.43. The highest BCUT2D eigenvalue weighted by Gasteiger charge is 2.17. The van der Waals surface area contributed by atoms with Crippen LogP contribution in [0.3, 0.4) is 0 Å². The average molecular weight is 329 g/mol. The largest absolute Gasteiger partial charge is 0.326 e. The van der Waals surface area contributed by atoms with Crippen molar-refractivity contribution in [1.82, 2.24) is 9.97 Å². The number of carbonyl (C=O) groups is 2. The fourth-order valence-corrected chi connectivity index (χ4v) is 2.76. The van der Waals surface area contributed by atoms with Gasteiger partial charge in [-0.3, -0.25) is 9.59 Å². The summed E-state index contributed by atoms with van der Waals surface area (Å²) in [5.41, 5.74) is 1.31. The van der Waals surface area contributed by atoms with Gasteiger partial charge in [-0.15, -0.1) is 0 Å². The minimum absolute atomic E-state index is 0.00823. The molecule has 1 aromatic heterocycles. The molecule has 1 N–H and O–H groups in total. The molecule has 0 spiro atoms. The van der Waals surface area contributed by atoms with Gasteiger partial charge in [0.25, 0.3) is 0 Å². The Balaban J connectivity index is 1.98. The molecular formula is C17H19N3O2S. The molecule has 0 saturated carbocycles. The maximum Gasteiger partial charge on any atom is 0.224 e. The molecule has 0 fully saturated rings. The molecule has 6 heteroatoms. The summed E-state index contributed by atoms with van der Waals surface area (Å²) in [4.78, 5) is 32.2. The molecule has 1 aromatic carbocycles. The van der Waals surface area contributed by atoms with E-state index in [4.69, 9.17) is 0 Å². The van der Waals surface area contributed by atoms with Gasteiger partial charge in [0, 0.05) is 30.1 Å². The van der Waals surface area contributed by atoms with Crippen molar-refractivity contribution in [2.75, 3.05) is 5.32 Å². The molecule has 2 rings (SSSR count). The lowest BCUT2D eigenvalue weighted by molar-refractivity contribution is -0.116. The number of Topliss-reactive ketones (excluding diaryl/α,β-unsaturated/α-hetero) is 1. The molecular weight excluding hydrogens is 310 g/mol. The Hall–Kier alpha value is -2.21. The molecule has 0 radical (unpaired) electrons. The third-order valence-electron chi connectivity index (χ3n) is 3.12. The van der Waals surface area contributed by atoms with Crippen LogP contribution in [-0.4, -0.2) is 26.9 Å². The number of hydrogen-bond donors (Lipinski definition) is 1. The van der Waals surface area contributed by atoms with Crippen LogP contribution in [0.25, 0.3) is 0 Å². The van der Waals surface area contributed by atoms with Crippen LogP contribution in [0.1, 0.15) is 37.0 Å². The van der Waals surface area contributed by atoms with Crippen molar-refractivity contribution >= 4 is 29.1 Å². The summed E-state index contributed by atoms with van der Waals surface area (Å²) in [5, 5.41) is 3.10. The third kappa shape index (κ3) is 5.17. The molecule has 0 saturated heterocycles. The molecule has 1 heterocycles. The zero-order valence-corrected chi connectivity index (χ0v) is 14.0. The summed E-state index contributed by atoms with van der Waals surface area (Å²) in [5.74, 6) is -0.00869. The third-order valence-corrected chi connectivity index (χ3v) is 4.11. The van der Waals surface area contributed by atoms with E-state index in [9.17, 15) is 9.59 Å². The number of benzene rings is 1. The van der Waals surface area contributed by atoms with Crippen molar-refractivity contribution in [3.8, 4) is 0 Å². The lowest BCUT2D eigenvalue weighted by Gasteiger charge is -2.10. The van der Waals surface area contributed by atoms with Crippen molar-refractivity contribution in [2.24, 2.45) is 0 Å². The van der Waals surface area contributed by atoms with Crippen LogP contribution in [-0.2, 0) is 4.79 Å². The first-order chi connectivity index (χ1) is 11.1. The van der Waals surface area contributed by atoms with Crippen molar-refractivity contribution in [3.63, 3.8) is 0 Å². The Kier molecular flexibility index (Phi) is 6.29. The van der Waals surface area contributed by atoms with E-state index in [1.807, 2.05) is 13.8 Å². The zero-order chi connectivity index (χ0) is 16.7. The van der Waals surface area contributed by atoms with Crippen LogP contribution in [0.2, 0.25) is 0 Å². The Morgan fingerprint density at radius 2 is 1.83 bits per heavy atom. The molecule has 1 unspecified atom stereocenters. The second-order valence-corrected chi connectivity index (χ2v) is 6.34. The van der Waals surface area contributed by atoms with Gasteiger partial charge in [0.1, 0.15) is 0 Å².